The summed E-state index contributed by atoms with van der Waals surface area (Å²) in [5, 5.41) is 3.25. The number of halogens is 1. The molecule has 2 heterocycles. The van der Waals surface area contributed by atoms with E-state index >= 15 is 0 Å². The van der Waals surface area contributed by atoms with Crippen LogP contribution < -0.4 is 5.32 Å². The van der Waals surface area contributed by atoms with Crippen LogP contribution in [0.25, 0.3) is 0 Å². The molecule has 1 aromatic heterocycles. The van der Waals surface area contributed by atoms with Crippen molar-refractivity contribution in [3.8, 4) is 0 Å². The molecule has 1 atom stereocenters. The zero-order valence-electron chi connectivity index (χ0n) is 8.50. The lowest BCUT2D eigenvalue weighted by Gasteiger charge is -2.33. The number of hydrogen-bond donors (Lipinski definition) is 1. The summed E-state index contributed by atoms with van der Waals surface area (Å²) in [4.78, 5) is 13.9. The highest BCUT2D eigenvalue weighted by molar-refractivity contribution is 9.10. The van der Waals surface area contributed by atoms with Gasteiger partial charge in [0.25, 0.3) is 5.91 Å². The van der Waals surface area contributed by atoms with Gasteiger partial charge >= 0.3 is 0 Å². The Hall–Kier alpha value is -0.810. The molecule has 0 saturated carbocycles. The minimum atomic E-state index is 0.0402. The second kappa shape index (κ2) is 4.37. The van der Waals surface area contributed by atoms with Gasteiger partial charge < -0.3 is 14.6 Å². The van der Waals surface area contributed by atoms with Crippen LogP contribution in [0.2, 0.25) is 0 Å². The van der Waals surface area contributed by atoms with Crippen molar-refractivity contribution in [2.75, 3.05) is 19.6 Å². The number of nitrogens with one attached hydrogen (secondary N) is 1. The van der Waals surface area contributed by atoms with Crippen LogP contribution in [0, 0.1) is 0 Å². The first-order chi connectivity index (χ1) is 7.18. The predicted molar refractivity (Wildman–Crippen MR) is 59.8 cm³/mol. The van der Waals surface area contributed by atoms with Crippen molar-refractivity contribution < 1.29 is 9.21 Å². The molecule has 0 spiro atoms. The first kappa shape index (κ1) is 10.7. The molecule has 1 amide bonds. The number of nitrogens with zero attached hydrogens (tertiary/aromatic N) is 1. The molecule has 1 aromatic rings. The van der Waals surface area contributed by atoms with Crippen molar-refractivity contribution >= 4 is 21.8 Å². The quantitative estimate of drug-likeness (QED) is 0.843. The fourth-order valence-electron chi connectivity index (χ4n) is 1.73. The number of furan rings is 1. The Morgan fingerprint density at radius 3 is 3.13 bits per heavy atom. The number of amides is 1. The van der Waals surface area contributed by atoms with Gasteiger partial charge in [0.05, 0.1) is 5.56 Å². The van der Waals surface area contributed by atoms with Crippen LogP contribution >= 0.6 is 15.9 Å². The van der Waals surface area contributed by atoms with E-state index in [2.05, 4.69) is 21.2 Å². The third kappa shape index (κ3) is 2.23. The first-order valence-electron chi connectivity index (χ1n) is 4.94. The van der Waals surface area contributed by atoms with Crippen LogP contribution in [0.5, 0.6) is 0 Å². The van der Waals surface area contributed by atoms with Gasteiger partial charge in [-0.2, -0.15) is 0 Å². The van der Waals surface area contributed by atoms with Gasteiger partial charge in [0.1, 0.15) is 6.26 Å². The van der Waals surface area contributed by atoms with Gasteiger partial charge in [-0.15, -0.1) is 0 Å². The standard InChI is InChI=1S/C10H13BrN2O2/c1-7-5-12-2-3-13(7)10(14)8-4-9(11)15-6-8/h4,6-7,12H,2-3,5H2,1H3. The fourth-order valence-corrected chi connectivity index (χ4v) is 2.07. The van der Waals surface area contributed by atoms with E-state index in [1.54, 1.807) is 6.07 Å². The summed E-state index contributed by atoms with van der Waals surface area (Å²) in [6, 6.07) is 1.94. The second-order valence-electron chi connectivity index (χ2n) is 3.69. The first-order valence-corrected chi connectivity index (χ1v) is 5.73. The van der Waals surface area contributed by atoms with E-state index in [1.165, 1.54) is 6.26 Å². The molecule has 1 aliphatic rings. The maximum Gasteiger partial charge on any atom is 0.257 e. The summed E-state index contributed by atoms with van der Waals surface area (Å²) in [7, 11) is 0. The van der Waals surface area contributed by atoms with Crippen molar-refractivity contribution in [1.29, 1.82) is 0 Å². The van der Waals surface area contributed by atoms with Crippen molar-refractivity contribution in [3.63, 3.8) is 0 Å². The summed E-state index contributed by atoms with van der Waals surface area (Å²) in [5.41, 5.74) is 0.607. The normalized spacial score (nSPS) is 21.7. The van der Waals surface area contributed by atoms with Gasteiger partial charge in [-0.1, -0.05) is 0 Å². The predicted octanol–water partition coefficient (Wildman–Crippen LogP) is 1.48. The minimum Gasteiger partial charge on any atom is -0.457 e. The highest BCUT2D eigenvalue weighted by Crippen LogP contribution is 2.17. The second-order valence-corrected chi connectivity index (χ2v) is 4.47. The molecule has 0 aromatic carbocycles. The molecule has 0 radical (unpaired) electrons. The Morgan fingerprint density at radius 1 is 1.73 bits per heavy atom. The summed E-state index contributed by atoms with van der Waals surface area (Å²) < 4.78 is 5.66. The molecule has 5 heteroatoms. The smallest absolute Gasteiger partial charge is 0.257 e. The molecule has 1 aliphatic heterocycles. The third-order valence-corrected chi connectivity index (χ3v) is 2.99. The molecule has 1 N–H and O–H groups in total. The number of rotatable bonds is 1. The highest BCUT2D eigenvalue weighted by Gasteiger charge is 2.24. The maximum absolute atomic E-state index is 12.0. The molecule has 0 bridgehead atoms. The lowest BCUT2D eigenvalue weighted by atomic mass is 10.2. The molecule has 4 nitrogen and oxygen atoms in total. The molecule has 15 heavy (non-hydrogen) atoms. The lowest BCUT2D eigenvalue weighted by molar-refractivity contribution is 0.0655. The topological polar surface area (TPSA) is 45.5 Å². The van der Waals surface area contributed by atoms with Gasteiger partial charge in [0, 0.05) is 31.7 Å². The number of piperazine rings is 1. The van der Waals surface area contributed by atoms with Gasteiger partial charge in [-0.25, -0.2) is 0 Å². The van der Waals surface area contributed by atoms with E-state index in [0.717, 1.165) is 19.6 Å². The molecule has 1 unspecified atom stereocenters. The van der Waals surface area contributed by atoms with Crippen LogP contribution in [0.15, 0.2) is 21.4 Å². The van der Waals surface area contributed by atoms with E-state index in [-0.39, 0.29) is 11.9 Å². The number of hydrogen-bond acceptors (Lipinski definition) is 3. The van der Waals surface area contributed by atoms with E-state index in [9.17, 15) is 4.79 Å². The van der Waals surface area contributed by atoms with Crippen molar-refractivity contribution in [1.82, 2.24) is 10.2 Å². The van der Waals surface area contributed by atoms with Crippen LogP contribution in [0.4, 0.5) is 0 Å². The Morgan fingerprint density at radius 2 is 2.53 bits per heavy atom. The Kier molecular flexibility index (Phi) is 3.11. The molecular formula is C10H13BrN2O2. The van der Waals surface area contributed by atoms with Gasteiger partial charge in [0.15, 0.2) is 4.67 Å². The molecule has 1 saturated heterocycles. The third-order valence-electron chi connectivity index (χ3n) is 2.58. The lowest BCUT2D eigenvalue weighted by Crippen LogP contribution is -2.52. The SMILES string of the molecule is CC1CNCCN1C(=O)c1coc(Br)c1. The maximum atomic E-state index is 12.0. The summed E-state index contributed by atoms with van der Waals surface area (Å²) in [6.07, 6.45) is 1.49. The van der Waals surface area contributed by atoms with Crippen molar-refractivity contribution in [2.24, 2.45) is 0 Å². The van der Waals surface area contributed by atoms with Gasteiger partial charge in [0.2, 0.25) is 0 Å². The largest absolute Gasteiger partial charge is 0.457 e. The van der Waals surface area contributed by atoms with E-state index in [1.807, 2.05) is 11.8 Å². The minimum absolute atomic E-state index is 0.0402. The molecule has 2 rings (SSSR count). The van der Waals surface area contributed by atoms with E-state index in [4.69, 9.17) is 4.42 Å². The van der Waals surface area contributed by atoms with Gasteiger partial charge in [-0.05, 0) is 22.9 Å². The number of carbonyl (C=O) groups is 1. The summed E-state index contributed by atoms with van der Waals surface area (Å²) >= 11 is 3.19. The van der Waals surface area contributed by atoms with Crippen molar-refractivity contribution in [3.05, 3.63) is 22.6 Å². The number of carbonyl (C=O) groups excluding carboxylic acids is 1. The summed E-state index contributed by atoms with van der Waals surface area (Å²) in [6.45, 7) is 4.50. The van der Waals surface area contributed by atoms with Crippen LogP contribution in [-0.2, 0) is 0 Å². The highest BCUT2D eigenvalue weighted by atomic mass is 79.9. The average molecular weight is 273 g/mol. The molecule has 82 valence electrons. The van der Waals surface area contributed by atoms with Crippen LogP contribution in [0.1, 0.15) is 17.3 Å². The Bertz CT molecular complexity index is 364. The summed E-state index contributed by atoms with van der Waals surface area (Å²) in [5.74, 6) is 0.0402. The zero-order valence-corrected chi connectivity index (χ0v) is 10.1. The Balaban J connectivity index is 2.13. The van der Waals surface area contributed by atoms with Gasteiger partial charge in [-0.3, -0.25) is 4.79 Å². The monoisotopic (exact) mass is 272 g/mol. The zero-order chi connectivity index (χ0) is 10.8. The average Bonchev–Trinajstić information content (AvgIpc) is 2.65. The van der Waals surface area contributed by atoms with Crippen LogP contribution in [-0.4, -0.2) is 36.5 Å². The molecule has 0 aliphatic carbocycles. The molecule has 1 fully saturated rings. The van der Waals surface area contributed by atoms with E-state index < -0.39 is 0 Å². The fraction of sp³-hybridized carbons (Fsp3) is 0.500. The molecular weight excluding hydrogens is 260 g/mol. The van der Waals surface area contributed by atoms with Crippen molar-refractivity contribution in [2.45, 2.75) is 13.0 Å². The van der Waals surface area contributed by atoms with Crippen LogP contribution in [0.3, 0.4) is 0 Å². The van der Waals surface area contributed by atoms with E-state index in [0.29, 0.717) is 10.2 Å². The Labute approximate surface area is 96.7 Å².